The fourth-order valence-electron chi connectivity index (χ4n) is 5.69. The van der Waals surface area contributed by atoms with Crippen molar-refractivity contribution >= 4 is 11.0 Å². The molecule has 2 fully saturated rings. The lowest BCUT2D eigenvalue weighted by Crippen LogP contribution is -2.60. The molecule has 3 heterocycles. The highest BCUT2D eigenvalue weighted by molar-refractivity contribution is 5.88. The highest BCUT2D eigenvalue weighted by Crippen LogP contribution is 2.42. The van der Waals surface area contributed by atoms with Gasteiger partial charge in [-0.1, -0.05) is 11.6 Å². The second-order valence-electron chi connectivity index (χ2n) is 12.2. The van der Waals surface area contributed by atoms with E-state index in [1.54, 1.807) is 6.08 Å². The molecule has 1 aromatic heterocycles. The Morgan fingerprint density at radius 3 is 1.88 bits per heavy atom. The largest absolute Gasteiger partial charge is 0.507 e. The van der Waals surface area contributed by atoms with Crippen LogP contribution in [0, 0.1) is 0 Å². The predicted octanol–water partition coefficient (Wildman–Crippen LogP) is -1.25. The zero-order valence-corrected chi connectivity index (χ0v) is 27.1. The molecule has 10 unspecified atom stereocenters. The summed E-state index contributed by atoms with van der Waals surface area (Å²) in [4.78, 5) is 13.6. The van der Waals surface area contributed by atoms with Gasteiger partial charge in [0.25, 0.3) is 0 Å². The second-order valence-corrected chi connectivity index (χ2v) is 12.2. The van der Waals surface area contributed by atoms with Crippen molar-refractivity contribution in [2.75, 3.05) is 20.3 Å². The number of rotatable bonds is 10. The molecule has 17 heteroatoms. The van der Waals surface area contributed by atoms with Crippen LogP contribution in [0.5, 0.6) is 28.7 Å². The zero-order valence-electron chi connectivity index (χ0n) is 27.1. The van der Waals surface area contributed by atoms with Crippen LogP contribution in [0.15, 0.2) is 45.1 Å². The summed E-state index contributed by atoms with van der Waals surface area (Å²) in [5.74, 6) is -2.09. The molecule has 2 saturated heterocycles. The number of hydrogen-bond donors (Lipinski definition) is 10. The highest BCUT2D eigenvalue weighted by atomic mass is 16.7. The molecule has 0 radical (unpaired) electrons. The van der Waals surface area contributed by atoms with Crippen LogP contribution in [-0.4, -0.2) is 133 Å². The van der Waals surface area contributed by atoms with Crippen molar-refractivity contribution in [3.63, 3.8) is 0 Å². The number of benzene rings is 2. The Kier molecular flexibility index (Phi) is 11.2. The van der Waals surface area contributed by atoms with Crippen LogP contribution in [0.3, 0.4) is 0 Å². The van der Waals surface area contributed by atoms with E-state index in [1.165, 1.54) is 19.2 Å². The van der Waals surface area contributed by atoms with E-state index >= 15 is 0 Å². The average Bonchev–Trinajstić information content (AvgIpc) is 3.08. The Balaban J connectivity index is 1.58. The summed E-state index contributed by atoms with van der Waals surface area (Å²) in [6, 6.07) is 4.85. The van der Waals surface area contributed by atoms with Gasteiger partial charge < -0.3 is 79.2 Å². The third-order valence-corrected chi connectivity index (χ3v) is 8.43. The predicted molar refractivity (Wildman–Crippen MR) is 170 cm³/mol. The molecule has 0 spiro atoms. The van der Waals surface area contributed by atoms with E-state index in [4.69, 9.17) is 28.1 Å². The van der Waals surface area contributed by atoms with Gasteiger partial charge in [0, 0.05) is 23.3 Å². The number of ether oxygens (including phenoxy) is 5. The fourth-order valence-corrected chi connectivity index (χ4v) is 5.69. The molecule has 10 atom stereocenters. The molecule has 0 bridgehead atoms. The molecule has 0 saturated carbocycles. The van der Waals surface area contributed by atoms with Crippen LogP contribution >= 0.6 is 0 Å². The Labute approximate surface area is 284 Å². The van der Waals surface area contributed by atoms with Crippen LogP contribution in [-0.2, 0) is 15.9 Å². The normalized spacial score (nSPS) is 29.8. The third kappa shape index (κ3) is 7.10. The highest BCUT2D eigenvalue weighted by Gasteiger charge is 2.46. The molecule has 0 aliphatic carbocycles. The van der Waals surface area contributed by atoms with Gasteiger partial charge in [-0.2, -0.15) is 0 Å². The van der Waals surface area contributed by atoms with Gasteiger partial charge in [-0.05, 0) is 32.4 Å². The lowest BCUT2D eigenvalue weighted by atomic mass is 9.99. The summed E-state index contributed by atoms with van der Waals surface area (Å²) < 4.78 is 33.7. The molecule has 17 nitrogen and oxygen atoms in total. The van der Waals surface area contributed by atoms with E-state index in [2.05, 4.69) is 0 Å². The Morgan fingerprint density at radius 2 is 1.34 bits per heavy atom. The Bertz CT molecular complexity index is 1760. The first-order valence-corrected chi connectivity index (χ1v) is 15.5. The maximum Gasteiger partial charge on any atom is 0.239 e. The van der Waals surface area contributed by atoms with E-state index in [0.29, 0.717) is 0 Å². The number of phenols is 2. The van der Waals surface area contributed by atoms with Crippen molar-refractivity contribution in [1.29, 1.82) is 0 Å². The number of aliphatic hydroxyl groups excluding tert-OH is 8. The summed E-state index contributed by atoms with van der Waals surface area (Å²) in [6.45, 7) is 2.24. The summed E-state index contributed by atoms with van der Waals surface area (Å²) in [5, 5.41) is 102. The molecule has 5 rings (SSSR count). The smallest absolute Gasteiger partial charge is 0.239 e. The molecule has 3 aromatic rings. The molecular formula is C33H40O17. The van der Waals surface area contributed by atoms with Gasteiger partial charge in [0.05, 0.1) is 20.3 Å². The molecule has 10 N–H and O–H groups in total. The van der Waals surface area contributed by atoms with Crippen molar-refractivity contribution in [2.45, 2.75) is 81.7 Å². The van der Waals surface area contributed by atoms with Crippen LogP contribution in [0.4, 0.5) is 0 Å². The number of aromatic hydroxyl groups is 2. The number of aliphatic hydroxyl groups is 8. The molecular weight excluding hydrogens is 668 g/mol. The first-order valence-electron chi connectivity index (χ1n) is 15.5. The van der Waals surface area contributed by atoms with Gasteiger partial charge in [-0.15, -0.1) is 0 Å². The Hall–Kier alpha value is -4.01. The van der Waals surface area contributed by atoms with Gasteiger partial charge in [-0.25, -0.2) is 0 Å². The molecule has 2 aromatic carbocycles. The Morgan fingerprint density at radius 1 is 0.760 bits per heavy atom. The van der Waals surface area contributed by atoms with Crippen LogP contribution in [0.25, 0.3) is 22.3 Å². The van der Waals surface area contributed by atoms with E-state index in [1.807, 2.05) is 13.8 Å². The fraction of sp³-hybridized carbons (Fsp3) is 0.485. The minimum Gasteiger partial charge on any atom is -0.507 e. The van der Waals surface area contributed by atoms with E-state index in [0.717, 1.165) is 17.7 Å². The maximum absolute atomic E-state index is 13.6. The lowest BCUT2D eigenvalue weighted by molar-refractivity contribution is -0.277. The number of methoxy groups -OCH3 is 1. The standard InChI is InChI=1S/C33H40O17/c1-12(2)4-5-13-6-14(7-17(37)29(13)50-33-28(44)26(42)23(39)20(11-35)49-33)30-31(45-3)24(40)21-16(36)8-15(9-18(21)47-30)46-32-27(43)25(41)22(38)19(10-34)48-32/h4,6-9,19-20,22-23,25-28,32-39,41-44H,5,10-11H2,1-3H3. The minimum absolute atomic E-state index is 0.0939. The lowest BCUT2D eigenvalue weighted by Gasteiger charge is -2.39. The number of phenolic OH excluding ortho intramolecular Hbond substituents is 2. The first kappa shape index (κ1) is 37.3. The maximum atomic E-state index is 13.6. The van der Waals surface area contributed by atoms with Crippen molar-refractivity contribution in [1.82, 2.24) is 0 Å². The quantitative estimate of drug-likeness (QED) is 0.110. The molecule has 0 amide bonds. The summed E-state index contributed by atoms with van der Waals surface area (Å²) in [7, 11) is 1.19. The van der Waals surface area contributed by atoms with Crippen LogP contribution in [0.1, 0.15) is 19.4 Å². The number of fused-ring (bicyclic) bond motifs is 1. The molecule has 50 heavy (non-hydrogen) atoms. The van der Waals surface area contributed by atoms with E-state index in [-0.39, 0.29) is 51.5 Å². The van der Waals surface area contributed by atoms with Gasteiger partial charge in [-0.3, -0.25) is 4.79 Å². The topological polar surface area (TPSA) is 279 Å². The van der Waals surface area contributed by atoms with Gasteiger partial charge >= 0.3 is 0 Å². The summed E-state index contributed by atoms with van der Waals surface area (Å²) in [5.41, 5.74) is 0.206. The molecule has 2 aliphatic heterocycles. The SMILES string of the molecule is COc1c(-c2cc(O)c(OC3OC(CO)C(O)C(O)C3O)c(CC=C(C)C)c2)oc2cc(OC3OC(CO)C(O)C(O)C3O)cc(O)c2c1=O. The number of allylic oxidation sites excluding steroid dienone is 2. The van der Waals surface area contributed by atoms with Gasteiger partial charge in [0.15, 0.2) is 17.3 Å². The van der Waals surface area contributed by atoms with Crippen LogP contribution in [0.2, 0.25) is 0 Å². The minimum atomic E-state index is -1.77. The summed E-state index contributed by atoms with van der Waals surface area (Å²) in [6.07, 6.45) is -14.2. The molecule has 274 valence electrons. The van der Waals surface area contributed by atoms with E-state index in [9.17, 15) is 55.9 Å². The van der Waals surface area contributed by atoms with Crippen molar-refractivity contribution in [3.8, 4) is 40.1 Å². The van der Waals surface area contributed by atoms with Crippen LogP contribution < -0.4 is 19.6 Å². The van der Waals surface area contributed by atoms with Crippen molar-refractivity contribution in [3.05, 3.63) is 51.7 Å². The zero-order chi connectivity index (χ0) is 36.6. The molecule has 2 aliphatic rings. The second kappa shape index (κ2) is 15.1. The van der Waals surface area contributed by atoms with Gasteiger partial charge in [0.2, 0.25) is 23.8 Å². The van der Waals surface area contributed by atoms with Crippen molar-refractivity contribution in [2.24, 2.45) is 0 Å². The monoisotopic (exact) mass is 708 g/mol. The summed E-state index contributed by atoms with van der Waals surface area (Å²) >= 11 is 0. The van der Waals surface area contributed by atoms with Crippen molar-refractivity contribution < 1.29 is 79.2 Å². The number of hydrogen-bond acceptors (Lipinski definition) is 17. The van der Waals surface area contributed by atoms with E-state index < -0.39 is 91.6 Å². The average molecular weight is 709 g/mol. The third-order valence-electron chi connectivity index (χ3n) is 8.43. The van der Waals surface area contributed by atoms with Gasteiger partial charge in [0.1, 0.15) is 71.3 Å². The first-order chi connectivity index (χ1) is 23.7.